The van der Waals surface area contributed by atoms with Gasteiger partial charge in [0.25, 0.3) is 0 Å². The fourth-order valence-corrected chi connectivity index (χ4v) is 3.32. The van der Waals surface area contributed by atoms with Crippen molar-refractivity contribution in [3.8, 4) is 12.3 Å². The zero-order valence-corrected chi connectivity index (χ0v) is 28.3. The molecule has 1 saturated heterocycles. The number of rotatable bonds is 10. The molecule has 1 rings (SSSR count). The van der Waals surface area contributed by atoms with E-state index in [0.717, 1.165) is 0 Å². The van der Waals surface area contributed by atoms with E-state index < -0.39 is 17.9 Å². The molecule has 0 aromatic heterocycles. The first-order chi connectivity index (χ1) is 14.7. The summed E-state index contributed by atoms with van der Waals surface area (Å²) in [5.41, 5.74) is 0. The number of carboxylic acid groups (broad SMARTS) is 3. The molecule has 1 heterocycles. The monoisotopic (exact) mass is 1240 g/mol. The quantitative estimate of drug-likeness (QED) is 0.136. The normalized spacial score (nSPS) is 15.0. The van der Waals surface area contributed by atoms with Crippen LogP contribution < -0.4 is 0 Å². The second-order valence-corrected chi connectivity index (χ2v) is 7.53. The molecule has 3 radical (unpaired) electrons. The van der Waals surface area contributed by atoms with Crippen LogP contribution >= 0.6 is 0 Å². The van der Waals surface area contributed by atoms with Crippen molar-refractivity contribution in [2.45, 2.75) is 27.7 Å². The topological polar surface area (TPSA) is 175 Å². The van der Waals surface area contributed by atoms with Crippen LogP contribution in [0.1, 0.15) is 27.7 Å². The third-order valence-corrected chi connectivity index (χ3v) is 4.95. The number of carbonyl (C=O) groups is 4. The van der Waals surface area contributed by atoms with E-state index in [-0.39, 0.29) is 166 Å². The summed E-state index contributed by atoms with van der Waals surface area (Å²) in [4.78, 5) is 52.8. The Morgan fingerprint density at radius 3 is 1.05 bits per heavy atom. The predicted octanol–water partition coefficient (Wildman–Crippen LogP) is -1.21. The second kappa shape index (κ2) is 32.5. The van der Waals surface area contributed by atoms with Gasteiger partial charge in [-0.05, 0) is 0 Å². The average Bonchev–Trinajstić information content (AvgIpc) is 2.67. The van der Waals surface area contributed by atoms with Gasteiger partial charge in [0.1, 0.15) is 5.78 Å². The van der Waals surface area contributed by atoms with Crippen molar-refractivity contribution in [3.05, 3.63) is 0 Å². The van der Waals surface area contributed by atoms with Gasteiger partial charge in [0.15, 0.2) is 0 Å². The molecule has 0 aliphatic carbocycles. The molecule has 1 aliphatic heterocycles. The zero-order valence-electron chi connectivity index (χ0n) is 19.6. The number of hydrogen-bond donors (Lipinski definition) is 3. The Kier molecular flexibility index (Phi) is 47.0. The number of aliphatic carboxylic acids is 3. The van der Waals surface area contributed by atoms with Crippen molar-refractivity contribution < 1.29 is 147 Å². The Morgan fingerprint density at radius 1 is 0.605 bits per heavy atom. The van der Waals surface area contributed by atoms with E-state index in [1.54, 1.807) is 14.7 Å². The molecule has 38 heavy (non-hydrogen) atoms. The van der Waals surface area contributed by atoms with Gasteiger partial charge in [-0.25, -0.2) is 0 Å². The zero-order chi connectivity index (χ0) is 23.2. The van der Waals surface area contributed by atoms with Gasteiger partial charge in [-0.3, -0.25) is 38.8 Å². The molecule has 0 amide bonds. The summed E-state index contributed by atoms with van der Waals surface area (Å²) in [5, 5.41) is 27.5. The summed E-state index contributed by atoms with van der Waals surface area (Å²) in [6.45, 7) is 2.55. The summed E-state index contributed by atoms with van der Waals surface area (Å²) in [7, 11) is 0. The SMILES string of the molecule is C.C.C#CCCC(=O)CN1CCN(CC(=O)O)CCN(CC(=O)O)CCN(CC(=O)O)CC1.[Au].[Au].[Au].[Gd].[OH3+]. The van der Waals surface area contributed by atoms with Crippen LogP contribution in [0.3, 0.4) is 0 Å². The second-order valence-electron chi connectivity index (χ2n) is 7.53. The maximum absolute atomic E-state index is 12.2. The van der Waals surface area contributed by atoms with E-state index >= 15 is 0 Å². The van der Waals surface area contributed by atoms with E-state index in [1.807, 2.05) is 4.90 Å². The van der Waals surface area contributed by atoms with Gasteiger partial charge in [0.05, 0.1) is 26.2 Å². The molecule has 0 unspecified atom stereocenters. The molecule has 0 atom stereocenters. The number of ketones is 1. The molecule has 239 valence electrons. The maximum Gasteiger partial charge on any atom is 0.317 e. The Bertz CT molecular complexity index is 657. The fraction of sp³-hybridized carbons (Fsp3) is 0.727. The number of carbonyl (C=O) groups excluding carboxylic acids is 1. The standard InChI is InChI=1S/C20H32N4O7.2CH4.3Au.Gd.H2O/c1-2-3-4-17(25)13-21-5-7-22(14-18(26)27)9-11-24(16-20(30)31)12-10-23(8-6-21)15-19(28)29;;;;;;;/h1H,3-16H2,(H,26,27)(H,28,29)(H,30,31);2*1H4;;;;;1H2/p+1. The summed E-state index contributed by atoms with van der Waals surface area (Å²) >= 11 is 0. The van der Waals surface area contributed by atoms with E-state index in [1.165, 1.54) is 0 Å². The molecule has 6 N–H and O–H groups in total. The van der Waals surface area contributed by atoms with E-state index in [4.69, 9.17) is 11.5 Å². The summed E-state index contributed by atoms with van der Waals surface area (Å²) in [5.74, 6) is -0.559. The fourth-order valence-electron chi connectivity index (χ4n) is 3.32. The Hall–Kier alpha value is 0.985. The number of carboxylic acids is 3. The molecular weight excluding hydrogens is 1200 g/mol. The molecule has 0 saturated carbocycles. The smallest absolute Gasteiger partial charge is 0.317 e. The minimum absolute atomic E-state index is 0. The third-order valence-electron chi connectivity index (χ3n) is 4.95. The number of hydrogen-bond acceptors (Lipinski definition) is 8. The first kappa shape index (κ1) is 55.0. The minimum atomic E-state index is -1.00. The van der Waals surface area contributed by atoms with Gasteiger partial charge in [-0.1, -0.05) is 14.9 Å². The summed E-state index contributed by atoms with van der Waals surface area (Å²) in [6.07, 6.45) is 5.82. The predicted molar refractivity (Wildman–Crippen MR) is 130 cm³/mol. The van der Waals surface area contributed by atoms with Crippen LogP contribution in [0.15, 0.2) is 0 Å². The van der Waals surface area contributed by atoms with Crippen LogP contribution in [0.25, 0.3) is 0 Å². The van der Waals surface area contributed by atoms with Crippen LogP contribution in [-0.4, -0.2) is 137 Å². The Morgan fingerprint density at radius 2 is 0.842 bits per heavy atom. The van der Waals surface area contributed by atoms with Crippen molar-refractivity contribution in [2.75, 3.05) is 78.5 Å². The average molecular weight is 1240 g/mol. The van der Waals surface area contributed by atoms with Crippen LogP contribution in [-0.2, 0) is 91.8 Å². The van der Waals surface area contributed by atoms with Crippen molar-refractivity contribution in [1.82, 2.24) is 19.6 Å². The van der Waals surface area contributed by atoms with Crippen molar-refractivity contribution in [3.63, 3.8) is 0 Å². The number of Topliss-reactive ketones (excluding diaryl/α,β-unsaturated/α-hetero) is 1. The molecule has 1 fully saturated rings. The van der Waals surface area contributed by atoms with Crippen molar-refractivity contribution in [2.24, 2.45) is 0 Å². The van der Waals surface area contributed by atoms with Crippen molar-refractivity contribution in [1.29, 1.82) is 0 Å². The first-order valence-electron chi connectivity index (χ1n) is 10.2. The van der Waals surface area contributed by atoms with Gasteiger partial charge in [-0.2, -0.15) is 0 Å². The number of nitrogens with zero attached hydrogens (tertiary/aromatic N) is 4. The molecule has 0 aromatic carbocycles. The molecule has 16 heteroatoms. The summed E-state index contributed by atoms with van der Waals surface area (Å²) in [6, 6.07) is 0. The van der Waals surface area contributed by atoms with Crippen LogP contribution in [0.5, 0.6) is 0 Å². The van der Waals surface area contributed by atoms with Crippen LogP contribution in [0.4, 0.5) is 0 Å². The Labute approximate surface area is 305 Å². The Balaban J connectivity index is -0.000000275. The number of terminal acetylenes is 1. The third kappa shape index (κ3) is 28.5. The first-order valence-corrected chi connectivity index (χ1v) is 10.2. The summed E-state index contributed by atoms with van der Waals surface area (Å²) < 4.78 is 0. The largest absolute Gasteiger partial charge is 0.480 e. The molecule has 1 aliphatic rings. The maximum atomic E-state index is 12.2. The minimum Gasteiger partial charge on any atom is -0.480 e. The van der Waals surface area contributed by atoms with Gasteiger partial charge in [0, 0.05) is 172 Å². The molecular formula is C22H43Au3GdN4O8+. The van der Waals surface area contributed by atoms with Gasteiger partial charge in [-0.15, -0.1) is 12.3 Å². The molecule has 0 bridgehead atoms. The van der Waals surface area contributed by atoms with Gasteiger partial charge < -0.3 is 20.8 Å². The van der Waals surface area contributed by atoms with Gasteiger partial charge in [0.2, 0.25) is 0 Å². The molecule has 0 aromatic rings. The van der Waals surface area contributed by atoms with E-state index in [0.29, 0.717) is 58.8 Å². The van der Waals surface area contributed by atoms with Gasteiger partial charge >= 0.3 is 17.9 Å². The van der Waals surface area contributed by atoms with Crippen LogP contribution in [0, 0.1) is 52.3 Å². The molecule has 0 spiro atoms. The van der Waals surface area contributed by atoms with E-state index in [9.17, 15) is 29.4 Å². The van der Waals surface area contributed by atoms with Crippen molar-refractivity contribution >= 4 is 23.7 Å². The molecule has 12 nitrogen and oxygen atoms in total. The van der Waals surface area contributed by atoms with E-state index in [2.05, 4.69) is 5.92 Å². The van der Waals surface area contributed by atoms with Crippen LogP contribution in [0.2, 0.25) is 0 Å².